The molecule has 2 nitrogen and oxygen atoms in total. The second-order valence-corrected chi connectivity index (χ2v) is 5.50. The van der Waals surface area contributed by atoms with E-state index in [-0.39, 0.29) is 0 Å². The largest absolute Gasteiger partial charge is 0.398 e. The van der Waals surface area contributed by atoms with Gasteiger partial charge in [0.05, 0.1) is 10.6 Å². The van der Waals surface area contributed by atoms with E-state index in [1.165, 1.54) is 11.8 Å². The molecule has 2 N–H and O–H groups in total. The lowest BCUT2D eigenvalue weighted by atomic mass is 10.2. The van der Waals surface area contributed by atoms with Crippen LogP contribution in [0, 0.1) is 11.3 Å². The summed E-state index contributed by atoms with van der Waals surface area (Å²) in [6.07, 6.45) is 0. The Bertz CT molecular complexity index is 635. The first-order valence-electron chi connectivity index (χ1n) is 5.02. The predicted octanol–water partition coefficient (Wildman–Crippen LogP) is 4.60. The molecule has 0 aliphatic carbocycles. The van der Waals surface area contributed by atoms with Gasteiger partial charge in [-0.25, -0.2) is 0 Å². The summed E-state index contributed by atoms with van der Waals surface area (Å²) in [7, 11) is 0. The highest BCUT2D eigenvalue weighted by molar-refractivity contribution is 7.99. The normalized spacial score (nSPS) is 10.1. The second-order valence-electron chi connectivity index (χ2n) is 3.54. The molecule has 0 aromatic heterocycles. The van der Waals surface area contributed by atoms with Gasteiger partial charge in [-0.2, -0.15) is 5.26 Å². The third-order valence-corrected chi connectivity index (χ3v) is 3.99. The van der Waals surface area contributed by atoms with Crippen molar-refractivity contribution in [2.75, 3.05) is 5.73 Å². The van der Waals surface area contributed by atoms with Crippen molar-refractivity contribution in [2.24, 2.45) is 0 Å². The summed E-state index contributed by atoms with van der Waals surface area (Å²) in [5.41, 5.74) is 6.60. The van der Waals surface area contributed by atoms with Crippen LogP contribution in [0.2, 0.25) is 10.0 Å². The SMILES string of the molecule is N#Cc1cc(Sc2cc(Cl)ccc2Cl)ccc1N. The van der Waals surface area contributed by atoms with Gasteiger partial charge in [0.25, 0.3) is 0 Å². The fourth-order valence-corrected chi connectivity index (χ4v) is 2.77. The summed E-state index contributed by atoms with van der Waals surface area (Å²) in [5, 5.41) is 10.2. The van der Waals surface area contributed by atoms with E-state index in [4.69, 9.17) is 34.2 Å². The van der Waals surface area contributed by atoms with Gasteiger partial charge in [0.1, 0.15) is 6.07 Å². The fraction of sp³-hybridized carbons (Fsp3) is 0. The van der Waals surface area contributed by atoms with E-state index < -0.39 is 0 Å². The molecule has 0 fully saturated rings. The molecular weight excluding hydrogens is 287 g/mol. The van der Waals surface area contributed by atoms with E-state index in [1.54, 1.807) is 30.3 Å². The van der Waals surface area contributed by atoms with E-state index in [1.807, 2.05) is 6.07 Å². The minimum Gasteiger partial charge on any atom is -0.398 e. The molecule has 2 aromatic carbocycles. The van der Waals surface area contributed by atoms with Crippen molar-refractivity contribution in [3.05, 3.63) is 52.0 Å². The first-order chi connectivity index (χ1) is 8.60. The maximum Gasteiger partial charge on any atom is 0.101 e. The second kappa shape index (κ2) is 5.53. The lowest BCUT2D eigenvalue weighted by molar-refractivity contribution is 1.38. The van der Waals surface area contributed by atoms with Gasteiger partial charge in [0.2, 0.25) is 0 Å². The van der Waals surface area contributed by atoms with Gasteiger partial charge < -0.3 is 5.73 Å². The van der Waals surface area contributed by atoms with Crippen LogP contribution in [-0.2, 0) is 0 Å². The summed E-state index contributed by atoms with van der Waals surface area (Å²) < 4.78 is 0. The Morgan fingerprint density at radius 2 is 1.89 bits per heavy atom. The number of benzene rings is 2. The number of halogens is 2. The van der Waals surface area contributed by atoms with Crippen LogP contribution >= 0.6 is 35.0 Å². The number of nitrogens with zero attached hydrogens (tertiary/aromatic N) is 1. The quantitative estimate of drug-likeness (QED) is 0.824. The third kappa shape index (κ3) is 2.91. The molecule has 0 saturated carbocycles. The molecule has 2 aromatic rings. The van der Waals surface area contributed by atoms with Gasteiger partial charge in [-0.15, -0.1) is 0 Å². The zero-order chi connectivity index (χ0) is 13.1. The summed E-state index contributed by atoms with van der Waals surface area (Å²) in [4.78, 5) is 1.74. The van der Waals surface area contributed by atoms with Crippen molar-refractivity contribution < 1.29 is 0 Å². The van der Waals surface area contributed by atoms with Crippen molar-refractivity contribution >= 4 is 40.7 Å². The molecule has 0 amide bonds. The maximum absolute atomic E-state index is 8.92. The average Bonchev–Trinajstić information content (AvgIpc) is 2.36. The smallest absolute Gasteiger partial charge is 0.101 e. The predicted molar refractivity (Wildman–Crippen MR) is 76.2 cm³/mol. The van der Waals surface area contributed by atoms with Gasteiger partial charge in [-0.3, -0.25) is 0 Å². The van der Waals surface area contributed by atoms with Crippen LogP contribution in [0.5, 0.6) is 0 Å². The van der Waals surface area contributed by atoms with E-state index in [0.717, 1.165) is 9.79 Å². The van der Waals surface area contributed by atoms with Gasteiger partial charge >= 0.3 is 0 Å². The molecule has 0 radical (unpaired) electrons. The molecule has 0 aliphatic heterocycles. The molecular formula is C13H8Cl2N2S. The first-order valence-corrected chi connectivity index (χ1v) is 6.60. The van der Waals surface area contributed by atoms with Crippen molar-refractivity contribution in [3.8, 4) is 6.07 Å². The topological polar surface area (TPSA) is 49.8 Å². The summed E-state index contributed by atoms with van der Waals surface area (Å²) >= 11 is 13.4. The Morgan fingerprint density at radius 3 is 2.61 bits per heavy atom. The zero-order valence-electron chi connectivity index (χ0n) is 9.15. The number of hydrogen-bond acceptors (Lipinski definition) is 3. The van der Waals surface area contributed by atoms with Gasteiger partial charge in [0.15, 0.2) is 0 Å². The van der Waals surface area contributed by atoms with E-state index in [9.17, 15) is 0 Å². The Kier molecular flexibility index (Phi) is 4.03. The maximum atomic E-state index is 8.92. The Labute approximate surface area is 119 Å². The Hall–Kier alpha value is -1.34. The number of hydrogen-bond donors (Lipinski definition) is 1. The number of rotatable bonds is 2. The molecule has 0 atom stereocenters. The highest BCUT2D eigenvalue weighted by Gasteiger charge is 2.06. The third-order valence-electron chi connectivity index (χ3n) is 2.27. The van der Waals surface area contributed by atoms with E-state index in [2.05, 4.69) is 6.07 Å². The monoisotopic (exact) mass is 294 g/mol. The zero-order valence-corrected chi connectivity index (χ0v) is 11.5. The lowest BCUT2D eigenvalue weighted by Crippen LogP contribution is -1.89. The van der Waals surface area contributed by atoms with Gasteiger partial charge in [-0.05, 0) is 36.4 Å². The highest BCUT2D eigenvalue weighted by Crippen LogP contribution is 2.35. The molecule has 0 spiro atoms. The highest BCUT2D eigenvalue weighted by atomic mass is 35.5. The minimum atomic E-state index is 0.457. The molecule has 0 heterocycles. The molecule has 18 heavy (non-hydrogen) atoms. The number of nitrogens with two attached hydrogens (primary N) is 1. The van der Waals surface area contributed by atoms with E-state index >= 15 is 0 Å². The molecule has 0 aliphatic rings. The lowest BCUT2D eigenvalue weighted by Gasteiger charge is -2.06. The van der Waals surface area contributed by atoms with Crippen molar-refractivity contribution in [1.82, 2.24) is 0 Å². The molecule has 0 unspecified atom stereocenters. The molecule has 2 rings (SSSR count). The summed E-state index contributed by atoms with van der Waals surface area (Å²) in [5.74, 6) is 0. The van der Waals surface area contributed by atoms with Crippen LogP contribution < -0.4 is 5.73 Å². The van der Waals surface area contributed by atoms with Crippen molar-refractivity contribution in [1.29, 1.82) is 5.26 Å². The van der Waals surface area contributed by atoms with Crippen LogP contribution in [0.3, 0.4) is 0 Å². The molecule has 90 valence electrons. The standard InChI is InChI=1S/C13H8Cl2N2S/c14-9-1-3-11(15)13(6-9)18-10-2-4-12(17)8(5-10)7-16/h1-6H,17H2. The minimum absolute atomic E-state index is 0.457. The van der Waals surface area contributed by atoms with Gasteiger partial charge in [0, 0.05) is 20.5 Å². The number of anilines is 1. The molecule has 5 heteroatoms. The van der Waals surface area contributed by atoms with E-state index in [0.29, 0.717) is 21.3 Å². The van der Waals surface area contributed by atoms with Crippen LogP contribution in [0.4, 0.5) is 5.69 Å². The van der Waals surface area contributed by atoms with Crippen LogP contribution in [-0.4, -0.2) is 0 Å². The molecule has 0 saturated heterocycles. The van der Waals surface area contributed by atoms with Gasteiger partial charge in [-0.1, -0.05) is 35.0 Å². The Balaban J connectivity index is 2.34. The number of nitrogen functional groups attached to an aromatic ring is 1. The number of nitriles is 1. The summed E-state index contributed by atoms with van der Waals surface area (Å²) in [6.45, 7) is 0. The van der Waals surface area contributed by atoms with Crippen LogP contribution in [0.1, 0.15) is 5.56 Å². The Morgan fingerprint density at radius 1 is 1.11 bits per heavy atom. The van der Waals surface area contributed by atoms with Crippen LogP contribution in [0.25, 0.3) is 0 Å². The summed E-state index contributed by atoms with van der Waals surface area (Å²) in [6, 6.07) is 12.6. The average molecular weight is 295 g/mol. The first kappa shape index (κ1) is 13.1. The van der Waals surface area contributed by atoms with Crippen molar-refractivity contribution in [3.63, 3.8) is 0 Å². The van der Waals surface area contributed by atoms with Crippen molar-refractivity contribution in [2.45, 2.75) is 9.79 Å². The molecule has 0 bridgehead atoms. The fourth-order valence-electron chi connectivity index (χ4n) is 1.38. The van der Waals surface area contributed by atoms with Crippen LogP contribution in [0.15, 0.2) is 46.2 Å².